The number of carboxylic acid groups (broad SMARTS) is 1. The highest BCUT2D eigenvalue weighted by molar-refractivity contribution is 9.14. The zero-order chi connectivity index (χ0) is 73.7. The van der Waals surface area contributed by atoms with Gasteiger partial charge in [0, 0.05) is 96.2 Å². The largest absolute Gasteiger partial charge is 0.491 e. The lowest BCUT2D eigenvalue weighted by Crippen LogP contribution is -2.53. The first kappa shape index (κ1) is 80.2. The first-order valence-corrected chi connectivity index (χ1v) is 39.1. The molecule has 12 N–H and O–H groups in total. The molecule has 4 aromatic rings. The van der Waals surface area contributed by atoms with Gasteiger partial charge in [-0.15, -0.1) is 0 Å². The van der Waals surface area contributed by atoms with Crippen LogP contribution in [0.15, 0.2) is 48.5 Å². The van der Waals surface area contributed by atoms with Crippen molar-refractivity contribution in [3.05, 3.63) is 116 Å². The van der Waals surface area contributed by atoms with Crippen LogP contribution in [-0.4, -0.2) is 157 Å². The van der Waals surface area contributed by atoms with E-state index in [1.807, 2.05) is 6.92 Å². The fraction of sp³-hybridized carbons (Fsp3) is 0.460. The highest BCUT2D eigenvalue weighted by Crippen LogP contribution is 2.85. The van der Waals surface area contributed by atoms with E-state index in [-0.39, 0.29) is 164 Å². The number of amides is 5. The van der Waals surface area contributed by atoms with Gasteiger partial charge >= 0.3 is 34.4 Å². The van der Waals surface area contributed by atoms with Crippen LogP contribution < -0.4 is 54.2 Å². The number of carbonyl (C=O) groups is 10. The van der Waals surface area contributed by atoms with E-state index in [1.165, 1.54) is 24.3 Å². The van der Waals surface area contributed by atoms with E-state index in [4.69, 9.17) is 29.5 Å². The van der Waals surface area contributed by atoms with Crippen LogP contribution in [0.2, 0.25) is 0 Å². The Hall–Kier alpha value is -5.90. The molecule has 0 aliphatic carbocycles. The Morgan fingerprint density at radius 3 is 1.30 bits per heavy atom. The van der Waals surface area contributed by atoms with Crippen LogP contribution in [0.4, 0.5) is 17.6 Å². The van der Waals surface area contributed by atoms with Crippen molar-refractivity contribution >= 4 is 174 Å². The van der Waals surface area contributed by atoms with E-state index in [0.717, 1.165) is 24.3 Å². The molecule has 6 aliphatic heterocycles. The van der Waals surface area contributed by atoms with Gasteiger partial charge in [-0.3, -0.25) is 47.9 Å². The summed E-state index contributed by atoms with van der Waals surface area (Å²) in [6.45, 7) is 2.24. The Morgan fingerprint density at radius 2 is 0.873 bits per heavy atom. The van der Waals surface area contributed by atoms with E-state index in [1.54, 1.807) is 71.7 Å². The number of nitrogens with two attached hydrogens (primary N) is 1. The molecule has 102 heavy (non-hydrogen) atoms. The van der Waals surface area contributed by atoms with E-state index >= 15 is 0 Å². The summed E-state index contributed by atoms with van der Waals surface area (Å²) in [6.07, 6.45) is 4.83. The number of ketones is 4. The number of halogens is 4. The number of hydrogen-bond donors (Lipinski definition) is 11. The van der Waals surface area contributed by atoms with Crippen molar-refractivity contribution in [2.45, 2.75) is 155 Å². The molecule has 0 radical (unpaired) electrons. The Labute approximate surface area is 608 Å². The third kappa shape index (κ3) is 21.0. The number of fused-ring (bicyclic) bond motifs is 4. The van der Waals surface area contributed by atoms with Gasteiger partial charge in [0.25, 0.3) is 17.7 Å². The molecule has 6 aliphatic rings. The summed E-state index contributed by atoms with van der Waals surface area (Å²) in [4.78, 5) is 128. The predicted octanol–water partition coefficient (Wildman–Crippen LogP) is 3.26. The molecular weight excluding hydrogens is 1460 g/mol. The van der Waals surface area contributed by atoms with Gasteiger partial charge in [-0.1, -0.05) is 60.3 Å². The monoisotopic (exact) mass is 1530 g/mol. The number of carboxylic acids is 1. The van der Waals surface area contributed by atoms with Crippen LogP contribution in [0.3, 0.4) is 0 Å². The van der Waals surface area contributed by atoms with Crippen molar-refractivity contribution < 1.29 is 109 Å². The maximum atomic E-state index is 14.7. The van der Waals surface area contributed by atoms with E-state index in [2.05, 4.69) is 26.6 Å². The Morgan fingerprint density at radius 1 is 0.490 bits per heavy atom. The number of benzene rings is 4. The van der Waals surface area contributed by atoms with Crippen LogP contribution in [-0.2, 0) is 73.8 Å². The topological polar surface area (TPSA) is 395 Å². The lowest BCUT2D eigenvalue weighted by Gasteiger charge is -2.33. The third-order valence-electron chi connectivity index (χ3n) is 17.5. The average molecular weight is 1530 g/mol. The molecule has 6 heterocycles. The van der Waals surface area contributed by atoms with E-state index < -0.39 is 128 Å². The molecule has 4 atom stereocenters. The lowest BCUT2D eigenvalue weighted by molar-refractivity contribution is -0.141. The molecular formula is C63H72B4F4N6O19S6. The Balaban J connectivity index is 0.000000240. The summed E-state index contributed by atoms with van der Waals surface area (Å²) in [6, 6.07) is 5.55. The molecule has 0 bridgehead atoms. The highest BCUT2D eigenvalue weighted by Gasteiger charge is 2.57. The summed E-state index contributed by atoms with van der Waals surface area (Å²) in [5.41, 5.74) is 6.41. The Bertz CT molecular complexity index is 3890. The van der Waals surface area contributed by atoms with Gasteiger partial charge in [-0.25, -0.2) is 17.6 Å². The summed E-state index contributed by atoms with van der Waals surface area (Å²) in [7, 11) is 4.47. The van der Waals surface area contributed by atoms with Crippen LogP contribution in [0.25, 0.3) is 0 Å². The van der Waals surface area contributed by atoms with Gasteiger partial charge in [0.15, 0.2) is 14.3 Å². The second-order valence-corrected chi connectivity index (χ2v) is 34.9. The number of carbonyl (C=O) groups excluding carboxylic acids is 9. The molecule has 25 nitrogen and oxygen atoms in total. The van der Waals surface area contributed by atoms with Crippen molar-refractivity contribution in [1.29, 1.82) is 0 Å². The third-order valence-corrected chi connectivity index (χ3v) is 31.9. The maximum absolute atomic E-state index is 14.7. The first-order valence-electron chi connectivity index (χ1n) is 32.7. The lowest BCUT2D eigenvalue weighted by atomic mass is 9.78. The minimum Gasteiger partial charge on any atom is -0.481 e. The van der Waals surface area contributed by atoms with Gasteiger partial charge in [-0.2, -0.15) is 0 Å². The fourth-order valence-corrected chi connectivity index (χ4v) is 24.4. The zero-order valence-corrected chi connectivity index (χ0v) is 60.0. The molecule has 2 saturated heterocycles. The van der Waals surface area contributed by atoms with Crippen molar-refractivity contribution in [3.8, 4) is 0 Å². The van der Waals surface area contributed by atoms with Crippen molar-refractivity contribution in [3.63, 3.8) is 0 Å². The van der Waals surface area contributed by atoms with Gasteiger partial charge in [0.1, 0.15) is 51.0 Å². The van der Waals surface area contributed by atoms with Gasteiger partial charge < -0.3 is 76.1 Å². The quantitative estimate of drug-likeness (QED) is 0.00798. The molecule has 0 saturated carbocycles. The van der Waals surface area contributed by atoms with E-state index in [9.17, 15) is 85.6 Å². The number of rotatable bonds is 34. The minimum absolute atomic E-state index is 0.00356. The summed E-state index contributed by atoms with van der Waals surface area (Å²) in [5, 5.41) is 61.4. The SMILES string of the molecule is CC1(C(=O)[C@@H](N)CCCCCC(=O)CCNC(=O)[C@H](CNC(=O)c2cc(F)c3c(c2)B(O)OC3)NC(=O)c2cc(F)c3c(c2)B(O)OC3)SSC2(SS2)SS1.C[C@@H](CCCCCC(=O)CCNC(=O)[C@H](CCC(=O)c1cc(F)c2c(c1)B(O)OC2)NC(=O)c1cc(F)c2c(c1)B(O)OC2)C(=O)O. The second kappa shape index (κ2) is 36.4. The van der Waals surface area contributed by atoms with E-state index in [0.29, 0.717) is 51.4 Å². The molecule has 5 amide bonds. The van der Waals surface area contributed by atoms with Gasteiger partial charge in [0.2, 0.25) is 11.8 Å². The number of unbranched alkanes of at least 4 members (excludes halogenated alkanes) is 4. The first-order chi connectivity index (χ1) is 48.5. The number of aliphatic carboxylic acids is 1. The highest BCUT2D eigenvalue weighted by atomic mass is 33.2. The molecule has 4 aromatic carbocycles. The summed E-state index contributed by atoms with van der Waals surface area (Å²) >= 11 is 0. The molecule has 2 fully saturated rings. The van der Waals surface area contributed by atoms with Gasteiger partial charge in [-0.05, 0) is 147 Å². The molecule has 1 spiro atoms. The second-order valence-electron chi connectivity index (χ2n) is 25.0. The molecule has 39 heteroatoms. The minimum atomic E-state index is -1.44. The van der Waals surface area contributed by atoms with Crippen molar-refractivity contribution in [2.75, 3.05) is 19.6 Å². The van der Waals surface area contributed by atoms with Crippen LogP contribution in [0.1, 0.15) is 167 Å². The normalized spacial score (nSPS) is 16.9. The number of hydrogen-bond acceptors (Lipinski definition) is 25. The molecule has 544 valence electrons. The Kier molecular flexibility index (Phi) is 28.6. The molecule has 0 unspecified atom stereocenters. The average Bonchev–Trinajstić information content (AvgIpc) is 1.61. The standard InChI is InChI=1S/C32H36B2F2N4O9S6.C31H36B2F2N2O10/c1-31(50-52-32(53-51-31)54-55-32)27(42)25(37)6-4-2-3-5-18(41)7-8-38-30(45)26(40-29(44)17-10-22-20(24(36)12-17)15-49-34(22)47)13-39-28(43)16-9-21-19(23(35)11-16)14-48-33(21)46;1-17(31(42)43)5-3-2-4-6-20(38)9-10-36-30(41)27(37-29(40)19-12-24-22(26(35)14-19)16-47-33(24)45)7-8-28(39)18-11-23-21(25(34)13-18)15-46-32(23)44/h9-12,25-26,46-47H,2-8,13-15,37H2,1H3,(H,38,45)(H,39,43)(H,40,44);11-14,17,27,44-45H,2-10,15-16H2,1H3,(H,36,41)(H,37,40)(H,42,43)/t25-,26-;17-,27-/m00/s1. The zero-order valence-electron chi connectivity index (χ0n) is 55.1. The molecule has 10 rings (SSSR count). The van der Waals surface area contributed by atoms with Crippen molar-refractivity contribution in [2.24, 2.45) is 11.7 Å². The van der Waals surface area contributed by atoms with Crippen LogP contribution in [0.5, 0.6) is 0 Å². The number of Topliss-reactive ketones (excluding diaryl/α,β-unsaturated/α-hetero) is 4. The predicted molar refractivity (Wildman–Crippen MR) is 381 cm³/mol. The smallest absolute Gasteiger partial charge is 0.481 e. The van der Waals surface area contributed by atoms with Crippen LogP contribution >= 0.6 is 64.8 Å². The fourth-order valence-electron chi connectivity index (χ4n) is 11.4. The summed E-state index contributed by atoms with van der Waals surface area (Å²) in [5.74, 6) is -9.24. The van der Waals surface area contributed by atoms with Crippen LogP contribution in [0, 0.1) is 29.2 Å². The maximum Gasteiger partial charge on any atom is 0.491 e. The number of nitrogens with one attached hydrogen (secondary N) is 5. The molecule has 0 aromatic heterocycles. The van der Waals surface area contributed by atoms with Gasteiger partial charge in [0.05, 0.1) is 38.4 Å². The summed E-state index contributed by atoms with van der Waals surface area (Å²) < 4.78 is 78.0. The van der Waals surface area contributed by atoms with Crippen molar-refractivity contribution in [1.82, 2.24) is 26.6 Å².